The second-order valence-electron chi connectivity index (χ2n) is 2.93. The van der Waals surface area contributed by atoms with Crippen LogP contribution in [-0.4, -0.2) is 6.18 Å². The molecule has 1 aromatic rings. The topological polar surface area (TPSA) is 0 Å². The maximum Gasteiger partial charge on any atom is 0.395 e. The largest absolute Gasteiger partial charge is 0.395 e. The van der Waals surface area contributed by atoms with Crippen molar-refractivity contribution < 1.29 is 17.6 Å². The Hall–Kier alpha value is -0.770. The Kier molecular flexibility index (Phi) is 3.04. The summed E-state index contributed by atoms with van der Waals surface area (Å²) in [6.07, 6.45) is -4.45. The summed E-state index contributed by atoms with van der Waals surface area (Å²) in [5.41, 5.74) is -0.426. The summed E-state index contributed by atoms with van der Waals surface area (Å²) in [7, 11) is 0. The number of alkyl halides is 3. The van der Waals surface area contributed by atoms with Crippen molar-refractivity contribution in [2.45, 2.75) is 19.0 Å². The molecule has 0 aliphatic carbocycles. The molecule has 0 aromatic heterocycles. The lowest BCUT2D eigenvalue weighted by Crippen LogP contribution is -2.18. The highest BCUT2D eigenvalue weighted by molar-refractivity contribution is 6.30. The van der Waals surface area contributed by atoms with Gasteiger partial charge in [0.05, 0.1) is 5.92 Å². The normalized spacial score (nSPS) is 14.1. The molecule has 1 rings (SSSR count). The summed E-state index contributed by atoms with van der Waals surface area (Å²) in [6, 6.07) is 3.14. The molecule has 0 amide bonds. The van der Waals surface area contributed by atoms with Crippen molar-refractivity contribution in [1.29, 1.82) is 0 Å². The van der Waals surface area contributed by atoms with Crippen LogP contribution in [0.4, 0.5) is 17.6 Å². The zero-order chi connectivity index (χ0) is 10.9. The molecule has 0 N–H and O–H groups in total. The van der Waals surface area contributed by atoms with E-state index in [1.54, 1.807) is 0 Å². The van der Waals surface area contributed by atoms with E-state index in [2.05, 4.69) is 0 Å². The van der Waals surface area contributed by atoms with E-state index in [0.29, 0.717) is 0 Å². The van der Waals surface area contributed by atoms with Crippen LogP contribution < -0.4 is 0 Å². The van der Waals surface area contributed by atoms with Crippen LogP contribution in [0, 0.1) is 5.82 Å². The fourth-order valence-corrected chi connectivity index (χ4v) is 1.20. The molecular weight excluding hydrogens is 220 g/mol. The molecule has 1 unspecified atom stereocenters. The van der Waals surface area contributed by atoms with Gasteiger partial charge >= 0.3 is 6.18 Å². The summed E-state index contributed by atoms with van der Waals surface area (Å²) in [5.74, 6) is -2.74. The summed E-state index contributed by atoms with van der Waals surface area (Å²) in [4.78, 5) is 0. The standard InChI is InChI=1S/C9H7ClF4/c1-5(9(12,13)14)7-4-6(10)2-3-8(7)11/h2-5H,1H3. The first-order valence-corrected chi connectivity index (χ1v) is 4.22. The van der Waals surface area contributed by atoms with Crippen LogP contribution in [0.2, 0.25) is 5.02 Å². The smallest absolute Gasteiger partial charge is 0.207 e. The third-order valence-corrected chi connectivity index (χ3v) is 2.15. The number of hydrogen-bond acceptors (Lipinski definition) is 0. The second kappa shape index (κ2) is 3.77. The second-order valence-corrected chi connectivity index (χ2v) is 3.37. The third-order valence-electron chi connectivity index (χ3n) is 1.92. The minimum absolute atomic E-state index is 0.0949. The monoisotopic (exact) mass is 226 g/mol. The number of hydrogen-bond donors (Lipinski definition) is 0. The van der Waals surface area contributed by atoms with Crippen molar-refractivity contribution in [3.8, 4) is 0 Å². The Morgan fingerprint density at radius 3 is 2.36 bits per heavy atom. The summed E-state index contributed by atoms with van der Waals surface area (Å²) in [6.45, 7) is 0.898. The quantitative estimate of drug-likeness (QED) is 0.631. The van der Waals surface area contributed by atoms with Gasteiger partial charge in [-0.05, 0) is 25.1 Å². The highest BCUT2D eigenvalue weighted by atomic mass is 35.5. The van der Waals surface area contributed by atoms with E-state index in [4.69, 9.17) is 11.6 Å². The molecule has 0 saturated heterocycles. The Bertz CT molecular complexity index is 332. The summed E-state index contributed by atoms with van der Waals surface area (Å²) < 4.78 is 49.7. The maximum absolute atomic E-state index is 13.0. The van der Waals surface area contributed by atoms with Crippen LogP contribution in [0.15, 0.2) is 18.2 Å². The molecule has 0 nitrogen and oxygen atoms in total. The van der Waals surface area contributed by atoms with E-state index in [0.717, 1.165) is 19.1 Å². The van der Waals surface area contributed by atoms with Crippen LogP contribution in [0.1, 0.15) is 18.4 Å². The number of benzene rings is 1. The molecule has 0 radical (unpaired) electrons. The van der Waals surface area contributed by atoms with Gasteiger partial charge in [-0.15, -0.1) is 0 Å². The first-order chi connectivity index (χ1) is 6.32. The van der Waals surface area contributed by atoms with Gasteiger partial charge in [0.15, 0.2) is 0 Å². The lowest BCUT2D eigenvalue weighted by Gasteiger charge is -2.16. The van der Waals surface area contributed by atoms with Gasteiger partial charge in [0.1, 0.15) is 5.82 Å². The van der Waals surface area contributed by atoms with Crippen molar-refractivity contribution in [1.82, 2.24) is 0 Å². The third kappa shape index (κ3) is 2.38. The van der Waals surface area contributed by atoms with E-state index in [1.165, 1.54) is 6.07 Å². The molecule has 0 fully saturated rings. The fraction of sp³-hybridized carbons (Fsp3) is 0.333. The van der Waals surface area contributed by atoms with Crippen molar-refractivity contribution in [3.63, 3.8) is 0 Å². The highest BCUT2D eigenvalue weighted by Crippen LogP contribution is 2.36. The van der Waals surface area contributed by atoms with E-state index in [9.17, 15) is 17.6 Å². The first kappa shape index (κ1) is 11.3. The zero-order valence-corrected chi connectivity index (χ0v) is 7.96. The van der Waals surface area contributed by atoms with E-state index >= 15 is 0 Å². The van der Waals surface area contributed by atoms with Crippen molar-refractivity contribution in [3.05, 3.63) is 34.6 Å². The molecule has 0 bridgehead atoms. The Balaban J connectivity index is 3.12. The predicted molar refractivity (Wildman–Crippen MR) is 45.9 cm³/mol. The highest BCUT2D eigenvalue weighted by Gasteiger charge is 2.38. The molecule has 14 heavy (non-hydrogen) atoms. The van der Waals surface area contributed by atoms with Gasteiger partial charge in [-0.2, -0.15) is 13.2 Å². The molecule has 0 saturated carbocycles. The van der Waals surface area contributed by atoms with Crippen molar-refractivity contribution in [2.75, 3.05) is 0 Å². The van der Waals surface area contributed by atoms with Gasteiger partial charge in [-0.3, -0.25) is 0 Å². The van der Waals surface area contributed by atoms with Gasteiger partial charge in [0.2, 0.25) is 0 Å². The minimum Gasteiger partial charge on any atom is -0.207 e. The predicted octanol–water partition coefficient (Wildman–Crippen LogP) is 4.14. The van der Waals surface area contributed by atoms with E-state index in [1.807, 2.05) is 0 Å². The molecule has 1 aromatic carbocycles. The molecule has 0 heterocycles. The SMILES string of the molecule is CC(c1cc(Cl)ccc1F)C(F)(F)F. The first-order valence-electron chi connectivity index (χ1n) is 3.84. The molecule has 5 heteroatoms. The number of rotatable bonds is 1. The molecule has 0 aliphatic heterocycles. The molecule has 78 valence electrons. The van der Waals surface area contributed by atoms with Crippen LogP contribution in [-0.2, 0) is 0 Å². The molecule has 0 spiro atoms. The number of halogens is 5. The Morgan fingerprint density at radius 2 is 1.86 bits per heavy atom. The van der Waals surface area contributed by atoms with Crippen molar-refractivity contribution >= 4 is 11.6 Å². The Morgan fingerprint density at radius 1 is 1.29 bits per heavy atom. The molecular formula is C9H7ClF4. The lowest BCUT2D eigenvalue weighted by atomic mass is 10.0. The van der Waals surface area contributed by atoms with Crippen LogP contribution >= 0.6 is 11.6 Å². The van der Waals surface area contributed by atoms with E-state index < -0.39 is 23.5 Å². The van der Waals surface area contributed by atoms with Crippen LogP contribution in [0.5, 0.6) is 0 Å². The zero-order valence-electron chi connectivity index (χ0n) is 7.20. The van der Waals surface area contributed by atoms with Crippen molar-refractivity contribution in [2.24, 2.45) is 0 Å². The summed E-state index contributed by atoms with van der Waals surface area (Å²) >= 11 is 5.48. The van der Waals surface area contributed by atoms with Gasteiger partial charge in [-0.1, -0.05) is 11.6 Å². The van der Waals surface area contributed by atoms with Gasteiger partial charge in [-0.25, -0.2) is 4.39 Å². The average Bonchev–Trinajstić information content (AvgIpc) is 2.06. The Labute approximate surface area is 83.5 Å². The van der Waals surface area contributed by atoms with Gasteiger partial charge in [0.25, 0.3) is 0 Å². The van der Waals surface area contributed by atoms with Gasteiger partial charge in [0, 0.05) is 10.6 Å². The van der Waals surface area contributed by atoms with E-state index in [-0.39, 0.29) is 5.02 Å². The van der Waals surface area contributed by atoms with Crippen LogP contribution in [0.3, 0.4) is 0 Å². The average molecular weight is 227 g/mol. The molecule has 0 aliphatic rings. The lowest BCUT2D eigenvalue weighted by molar-refractivity contribution is -0.146. The minimum atomic E-state index is -4.45. The maximum atomic E-state index is 13.0. The van der Waals surface area contributed by atoms with Crippen LogP contribution in [0.25, 0.3) is 0 Å². The van der Waals surface area contributed by atoms with Gasteiger partial charge < -0.3 is 0 Å². The fourth-order valence-electron chi connectivity index (χ4n) is 1.02. The molecule has 1 atom stereocenters. The summed E-state index contributed by atoms with van der Waals surface area (Å²) in [5, 5.41) is 0.0949.